The number of benzene rings is 1. The zero-order chi connectivity index (χ0) is 15.5. The highest BCUT2D eigenvalue weighted by Crippen LogP contribution is 2.08. The molecule has 1 rings (SSSR count). The van der Waals surface area contributed by atoms with Gasteiger partial charge in [-0.1, -0.05) is 39.3 Å². The Labute approximate surface area is 128 Å². The summed E-state index contributed by atoms with van der Waals surface area (Å²) in [7, 11) is 0. The van der Waals surface area contributed by atoms with E-state index < -0.39 is 0 Å². The maximum absolute atomic E-state index is 11.8. The number of carbonyl (C=O) groups excluding carboxylic acids is 1. The average molecular weight is 292 g/mol. The Kier molecular flexibility index (Phi) is 8.76. The number of ether oxygens (including phenoxy) is 2. The van der Waals surface area contributed by atoms with Crippen LogP contribution in [0.5, 0.6) is 0 Å². The molecule has 0 unspecified atom stereocenters. The molecule has 0 aliphatic heterocycles. The molecule has 0 saturated carbocycles. The summed E-state index contributed by atoms with van der Waals surface area (Å²) in [4.78, 5) is 11.8. The molecular formula is C18H28O3. The Morgan fingerprint density at radius 3 is 2.43 bits per heavy atom. The average Bonchev–Trinajstić information content (AvgIpc) is 2.47. The van der Waals surface area contributed by atoms with Gasteiger partial charge in [0.15, 0.2) is 0 Å². The fourth-order valence-corrected chi connectivity index (χ4v) is 2.07. The minimum Gasteiger partial charge on any atom is -0.460 e. The molecule has 0 atom stereocenters. The quantitative estimate of drug-likeness (QED) is 0.478. The molecule has 0 radical (unpaired) electrons. The van der Waals surface area contributed by atoms with Crippen LogP contribution in [-0.4, -0.2) is 25.8 Å². The van der Waals surface area contributed by atoms with Gasteiger partial charge in [-0.25, -0.2) is 4.79 Å². The first-order valence-corrected chi connectivity index (χ1v) is 7.97. The SMILES string of the molecule is CCCc1ccc(C(=O)OCCOCCCC(C)C)cc1. The number of aryl methyl sites for hydroxylation is 1. The minimum atomic E-state index is -0.274. The fraction of sp³-hybridized carbons (Fsp3) is 0.611. The van der Waals surface area contributed by atoms with Crippen LogP contribution >= 0.6 is 0 Å². The van der Waals surface area contributed by atoms with Crippen molar-refractivity contribution in [2.75, 3.05) is 19.8 Å². The van der Waals surface area contributed by atoms with Crippen LogP contribution in [0, 0.1) is 5.92 Å². The lowest BCUT2D eigenvalue weighted by molar-refractivity contribution is 0.0310. The molecule has 0 aliphatic rings. The summed E-state index contributed by atoms with van der Waals surface area (Å²) in [5, 5.41) is 0. The molecule has 118 valence electrons. The molecule has 3 nitrogen and oxygen atoms in total. The topological polar surface area (TPSA) is 35.5 Å². The maximum Gasteiger partial charge on any atom is 0.338 e. The van der Waals surface area contributed by atoms with Gasteiger partial charge >= 0.3 is 5.97 Å². The van der Waals surface area contributed by atoms with E-state index in [9.17, 15) is 4.79 Å². The van der Waals surface area contributed by atoms with Crippen molar-refractivity contribution < 1.29 is 14.3 Å². The van der Waals surface area contributed by atoms with Crippen molar-refractivity contribution in [3.05, 3.63) is 35.4 Å². The summed E-state index contributed by atoms with van der Waals surface area (Å²) in [5.41, 5.74) is 1.86. The van der Waals surface area contributed by atoms with Crippen molar-refractivity contribution >= 4 is 5.97 Å². The second-order valence-corrected chi connectivity index (χ2v) is 5.73. The highest BCUT2D eigenvalue weighted by atomic mass is 16.6. The minimum absolute atomic E-state index is 0.274. The van der Waals surface area contributed by atoms with Gasteiger partial charge in [-0.2, -0.15) is 0 Å². The Balaban J connectivity index is 2.15. The highest BCUT2D eigenvalue weighted by Gasteiger charge is 2.06. The third kappa shape index (κ3) is 7.86. The lowest BCUT2D eigenvalue weighted by atomic mass is 10.1. The van der Waals surface area contributed by atoms with Gasteiger partial charge in [0.25, 0.3) is 0 Å². The predicted octanol–water partition coefficient (Wildman–Crippen LogP) is 4.25. The Morgan fingerprint density at radius 1 is 1.10 bits per heavy atom. The Hall–Kier alpha value is -1.35. The second kappa shape index (κ2) is 10.4. The summed E-state index contributed by atoms with van der Waals surface area (Å²) >= 11 is 0. The summed E-state index contributed by atoms with van der Waals surface area (Å²) in [6.07, 6.45) is 4.38. The van der Waals surface area contributed by atoms with Crippen molar-refractivity contribution in [3.8, 4) is 0 Å². The number of rotatable bonds is 10. The maximum atomic E-state index is 11.8. The molecule has 21 heavy (non-hydrogen) atoms. The summed E-state index contributed by atoms with van der Waals surface area (Å²) < 4.78 is 10.6. The number of esters is 1. The molecule has 0 aliphatic carbocycles. The van der Waals surface area contributed by atoms with E-state index in [2.05, 4.69) is 20.8 Å². The van der Waals surface area contributed by atoms with Gasteiger partial charge in [-0.15, -0.1) is 0 Å². The molecule has 0 bridgehead atoms. The van der Waals surface area contributed by atoms with Crippen LogP contribution in [0.2, 0.25) is 0 Å². The third-order valence-electron chi connectivity index (χ3n) is 3.26. The van der Waals surface area contributed by atoms with Crippen LogP contribution in [0.1, 0.15) is 56.0 Å². The predicted molar refractivity (Wildman–Crippen MR) is 85.6 cm³/mol. The monoisotopic (exact) mass is 292 g/mol. The fourth-order valence-electron chi connectivity index (χ4n) is 2.07. The van der Waals surface area contributed by atoms with Crippen molar-refractivity contribution in [1.29, 1.82) is 0 Å². The number of carbonyl (C=O) groups is 1. The largest absolute Gasteiger partial charge is 0.460 e. The Morgan fingerprint density at radius 2 is 1.81 bits per heavy atom. The van der Waals surface area contributed by atoms with Crippen molar-refractivity contribution in [1.82, 2.24) is 0 Å². The number of hydrogen-bond donors (Lipinski definition) is 0. The van der Waals surface area contributed by atoms with E-state index in [1.807, 2.05) is 24.3 Å². The van der Waals surface area contributed by atoms with Crippen molar-refractivity contribution in [2.24, 2.45) is 5.92 Å². The molecule has 0 N–H and O–H groups in total. The molecule has 0 amide bonds. The number of hydrogen-bond acceptors (Lipinski definition) is 3. The van der Waals surface area contributed by atoms with Gasteiger partial charge in [-0.3, -0.25) is 0 Å². The molecular weight excluding hydrogens is 264 g/mol. The van der Waals surface area contributed by atoms with Gasteiger partial charge in [0, 0.05) is 6.61 Å². The molecule has 0 saturated heterocycles. The summed E-state index contributed by atoms with van der Waals surface area (Å²) in [6, 6.07) is 7.64. The van der Waals surface area contributed by atoms with Gasteiger partial charge in [0.1, 0.15) is 6.61 Å². The van der Waals surface area contributed by atoms with E-state index in [4.69, 9.17) is 9.47 Å². The highest BCUT2D eigenvalue weighted by molar-refractivity contribution is 5.89. The van der Waals surface area contributed by atoms with Crippen LogP contribution in [0.3, 0.4) is 0 Å². The summed E-state index contributed by atoms with van der Waals surface area (Å²) in [6.45, 7) is 8.07. The second-order valence-electron chi connectivity index (χ2n) is 5.73. The first kappa shape index (κ1) is 17.7. The first-order valence-electron chi connectivity index (χ1n) is 7.97. The zero-order valence-electron chi connectivity index (χ0n) is 13.6. The lowest BCUT2D eigenvalue weighted by Gasteiger charge is -2.07. The van der Waals surface area contributed by atoms with Crippen molar-refractivity contribution in [2.45, 2.75) is 46.5 Å². The van der Waals surface area contributed by atoms with Crippen LogP contribution < -0.4 is 0 Å². The normalized spacial score (nSPS) is 10.9. The van der Waals surface area contributed by atoms with Crippen molar-refractivity contribution in [3.63, 3.8) is 0 Å². The molecule has 3 heteroatoms. The van der Waals surface area contributed by atoms with Gasteiger partial charge in [0.05, 0.1) is 12.2 Å². The molecule has 0 heterocycles. The molecule has 0 aromatic heterocycles. The van der Waals surface area contributed by atoms with E-state index >= 15 is 0 Å². The van der Waals surface area contributed by atoms with Gasteiger partial charge in [0.2, 0.25) is 0 Å². The third-order valence-corrected chi connectivity index (χ3v) is 3.26. The van der Waals surface area contributed by atoms with Gasteiger partial charge in [-0.05, 0) is 42.9 Å². The molecule has 1 aromatic rings. The lowest BCUT2D eigenvalue weighted by Crippen LogP contribution is -2.11. The smallest absolute Gasteiger partial charge is 0.338 e. The van der Waals surface area contributed by atoms with E-state index in [0.717, 1.165) is 25.9 Å². The van der Waals surface area contributed by atoms with Crippen LogP contribution in [-0.2, 0) is 15.9 Å². The van der Waals surface area contributed by atoms with Crippen LogP contribution in [0.15, 0.2) is 24.3 Å². The Bertz CT molecular complexity index is 395. The first-order chi connectivity index (χ1) is 10.1. The zero-order valence-corrected chi connectivity index (χ0v) is 13.6. The summed E-state index contributed by atoms with van der Waals surface area (Å²) in [5.74, 6) is 0.436. The van der Waals surface area contributed by atoms with E-state index in [1.165, 1.54) is 12.0 Å². The van der Waals surface area contributed by atoms with E-state index in [-0.39, 0.29) is 5.97 Å². The van der Waals surface area contributed by atoms with Crippen LogP contribution in [0.4, 0.5) is 0 Å². The van der Waals surface area contributed by atoms with E-state index in [0.29, 0.717) is 24.7 Å². The standard InChI is InChI=1S/C18H28O3/c1-4-6-16-8-10-17(11-9-16)18(19)21-14-13-20-12-5-7-15(2)3/h8-11,15H,4-7,12-14H2,1-3H3. The van der Waals surface area contributed by atoms with Gasteiger partial charge < -0.3 is 9.47 Å². The van der Waals surface area contributed by atoms with Crippen LogP contribution in [0.25, 0.3) is 0 Å². The molecule has 1 aromatic carbocycles. The molecule has 0 fully saturated rings. The molecule has 0 spiro atoms. The van der Waals surface area contributed by atoms with E-state index in [1.54, 1.807) is 0 Å².